The number of hydrogen-bond acceptors (Lipinski definition) is 2. The predicted octanol–water partition coefficient (Wildman–Crippen LogP) is 3.15. The van der Waals surface area contributed by atoms with Crippen molar-refractivity contribution < 1.29 is 4.74 Å². The number of fused-ring (bicyclic) bond motifs is 1. The van der Waals surface area contributed by atoms with Crippen molar-refractivity contribution in [2.75, 3.05) is 0 Å². The Bertz CT molecular complexity index is 458. The number of nitrogens with two attached hydrogens (primary N) is 1. The molecule has 0 bridgehead atoms. The maximum absolute atomic E-state index is 6.02. The van der Waals surface area contributed by atoms with Crippen molar-refractivity contribution in [3.63, 3.8) is 0 Å². The number of para-hydroxylation sites is 1. The highest BCUT2D eigenvalue weighted by molar-refractivity contribution is 5.63. The van der Waals surface area contributed by atoms with Gasteiger partial charge in [0.15, 0.2) is 0 Å². The molecule has 17 heavy (non-hydrogen) atoms. The smallest absolute Gasteiger partial charge is 0.130 e. The Balaban J connectivity index is 2.40. The highest BCUT2D eigenvalue weighted by atomic mass is 16.5. The van der Waals surface area contributed by atoms with Crippen LogP contribution in [0.1, 0.15) is 38.8 Å². The van der Waals surface area contributed by atoms with Crippen LogP contribution in [0.5, 0.6) is 5.75 Å². The molecule has 1 atom stereocenters. The lowest BCUT2D eigenvalue weighted by Gasteiger charge is -2.18. The third-order valence-corrected chi connectivity index (χ3v) is 3.22. The summed E-state index contributed by atoms with van der Waals surface area (Å²) in [5, 5.41) is 0. The van der Waals surface area contributed by atoms with E-state index in [-0.39, 0.29) is 11.6 Å². The maximum Gasteiger partial charge on any atom is 0.130 e. The van der Waals surface area contributed by atoms with Crippen LogP contribution >= 0.6 is 0 Å². The Morgan fingerprint density at radius 2 is 2.18 bits per heavy atom. The van der Waals surface area contributed by atoms with Gasteiger partial charge in [0.25, 0.3) is 0 Å². The first kappa shape index (κ1) is 12.2. The van der Waals surface area contributed by atoms with E-state index < -0.39 is 0 Å². The number of benzene rings is 1. The molecule has 1 aromatic rings. The lowest BCUT2D eigenvalue weighted by atomic mass is 9.99. The van der Waals surface area contributed by atoms with Crippen LogP contribution < -0.4 is 10.5 Å². The van der Waals surface area contributed by atoms with E-state index in [1.54, 1.807) is 0 Å². The summed E-state index contributed by atoms with van der Waals surface area (Å²) < 4.78 is 6.02. The summed E-state index contributed by atoms with van der Waals surface area (Å²) >= 11 is 0. The molecule has 1 unspecified atom stereocenters. The second-order valence-corrected chi connectivity index (χ2v) is 5.55. The van der Waals surface area contributed by atoms with Crippen LogP contribution in [0.3, 0.4) is 0 Å². The number of rotatable bonds is 2. The van der Waals surface area contributed by atoms with E-state index in [0.717, 1.165) is 17.7 Å². The van der Waals surface area contributed by atoms with Gasteiger partial charge in [-0.05, 0) is 33.3 Å². The third kappa shape index (κ3) is 2.52. The van der Waals surface area contributed by atoms with Crippen molar-refractivity contribution in [3.05, 3.63) is 34.9 Å². The molecule has 2 heteroatoms. The average Bonchev–Trinajstić information content (AvgIpc) is 2.53. The third-order valence-electron chi connectivity index (χ3n) is 3.22. The van der Waals surface area contributed by atoms with E-state index in [1.165, 1.54) is 11.1 Å². The van der Waals surface area contributed by atoms with Crippen LogP contribution in [0.2, 0.25) is 0 Å². The molecule has 2 nitrogen and oxygen atoms in total. The summed E-state index contributed by atoms with van der Waals surface area (Å²) in [7, 11) is 0. The maximum atomic E-state index is 6.02. The van der Waals surface area contributed by atoms with Gasteiger partial charge in [-0.2, -0.15) is 0 Å². The lowest BCUT2D eigenvalue weighted by Crippen LogP contribution is -2.24. The van der Waals surface area contributed by atoms with Gasteiger partial charge in [-0.3, -0.25) is 0 Å². The van der Waals surface area contributed by atoms with Gasteiger partial charge in [-0.15, -0.1) is 0 Å². The molecule has 0 amide bonds. The quantitative estimate of drug-likeness (QED) is 0.848. The second-order valence-electron chi connectivity index (χ2n) is 5.55. The summed E-state index contributed by atoms with van der Waals surface area (Å²) in [5.41, 5.74) is 9.39. The molecule has 2 rings (SSSR count). The molecule has 1 aliphatic heterocycles. The normalized spacial score (nSPS) is 19.7. The van der Waals surface area contributed by atoms with Crippen LogP contribution in [0, 0.1) is 0 Å². The molecule has 1 heterocycles. The molecular formula is C15H21NO. The molecular weight excluding hydrogens is 210 g/mol. The van der Waals surface area contributed by atoms with Gasteiger partial charge in [-0.25, -0.2) is 0 Å². The Morgan fingerprint density at radius 1 is 1.47 bits per heavy atom. The Morgan fingerprint density at radius 3 is 2.82 bits per heavy atom. The molecule has 0 aromatic heterocycles. The van der Waals surface area contributed by atoms with E-state index in [4.69, 9.17) is 10.5 Å². The first-order valence-corrected chi connectivity index (χ1v) is 6.14. The van der Waals surface area contributed by atoms with Gasteiger partial charge in [0.2, 0.25) is 0 Å². The second kappa shape index (κ2) is 4.19. The standard InChI is InChI=1S/C15H21NO/c1-10(11(2)16)8-12-6-5-7-13-9-15(3,4)17-14(12)13/h5-8,11H,9,16H2,1-4H3/b10-8+. The van der Waals surface area contributed by atoms with Gasteiger partial charge in [-0.1, -0.05) is 29.8 Å². The van der Waals surface area contributed by atoms with Crippen LogP contribution in [0.4, 0.5) is 0 Å². The van der Waals surface area contributed by atoms with Crippen molar-refractivity contribution in [3.8, 4) is 5.75 Å². The van der Waals surface area contributed by atoms with Crippen molar-refractivity contribution >= 4 is 6.08 Å². The molecule has 0 fully saturated rings. The highest BCUT2D eigenvalue weighted by Gasteiger charge is 2.31. The summed E-state index contributed by atoms with van der Waals surface area (Å²) in [6.07, 6.45) is 3.10. The molecule has 1 aliphatic rings. The molecule has 92 valence electrons. The fourth-order valence-corrected chi connectivity index (χ4v) is 2.13. The molecule has 0 aliphatic carbocycles. The first-order valence-electron chi connectivity index (χ1n) is 6.14. The van der Waals surface area contributed by atoms with Crippen LogP contribution in [-0.2, 0) is 6.42 Å². The fraction of sp³-hybridized carbons (Fsp3) is 0.467. The zero-order valence-corrected chi connectivity index (χ0v) is 11.1. The van der Waals surface area contributed by atoms with E-state index in [9.17, 15) is 0 Å². The van der Waals surface area contributed by atoms with Gasteiger partial charge in [0.1, 0.15) is 11.4 Å². The van der Waals surface area contributed by atoms with E-state index in [2.05, 4.69) is 45.0 Å². The molecule has 0 radical (unpaired) electrons. The van der Waals surface area contributed by atoms with Crippen molar-refractivity contribution in [1.82, 2.24) is 0 Å². The van der Waals surface area contributed by atoms with Crippen LogP contribution in [0.15, 0.2) is 23.8 Å². The highest BCUT2D eigenvalue weighted by Crippen LogP contribution is 2.38. The molecule has 1 aromatic carbocycles. The Labute approximate surface area is 103 Å². The van der Waals surface area contributed by atoms with E-state index >= 15 is 0 Å². The van der Waals surface area contributed by atoms with Gasteiger partial charge < -0.3 is 10.5 Å². The lowest BCUT2D eigenvalue weighted by molar-refractivity contribution is 0.138. The number of hydrogen-bond donors (Lipinski definition) is 1. The zero-order chi connectivity index (χ0) is 12.6. The minimum Gasteiger partial charge on any atom is -0.487 e. The van der Waals surface area contributed by atoms with Gasteiger partial charge in [0, 0.05) is 18.0 Å². The van der Waals surface area contributed by atoms with Gasteiger partial charge in [0.05, 0.1) is 0 Å². The largest absolute Gasteiger partial charge is 0.487 e. The molecule has 0 spiro atoms. The molecule has 2 N–H and O–H groups in total. The van der Waals surface area contributed by atoms with E-state index in [1.807, 2.05) is 6.92 Å². The van der Waals surface area contributed by atoms with Crippen LogP contribution in [0.25, 0.3) is 6.08 Å². The van der Waals surface area contributed by atoms with E-state index in [0.29, 0.717) is 0 Å². The summed E-state index contributed by atoms with van der Waals surface area (Å²) in [5.74, 6) is 1.03. The SMILES string of the molecule is C/C(=C\c1cccc2c1OC(C)(C)C2)C(C)N. The van der Waals surface area contributed by atoms with Crippen molar-refractivity contribution in [2.45, 2.75) is 45.8 Å². The van der Waals surface area contributed by atoms with Crippen molar-refractivity contribution in [2.24, 2.45) is 5.73 Å². The average molecular weight is 231 g/mol. The van der Waals surface area contributed by atoms with Gasteiger partial charge >= 0.3 is 0 Å². The zero-order valence-electron chi connectivity index (χ0n) is 11.1. The fourth-order valence-electron chi connectivity index (χ4n) is 2.13. The summed E-state index contributed by atoms with van der Waals surface area (Å²) in [4.78, 5) is 0. The van der Waals surface area contributed by atoms with Crippen LogP contribution in [-0.4, -0.2) is 11.6 Å². The Kier molecular flexibility index (Phi) is 3.00. The number of ether oxygens (including phenoxy) is 1. The minimum atomic E-state index is -0.0888. The molecule has 0 saturated carbocycles. The molecule has 0 saturated heterocycles. The topological polar surface area (TPSA) is 35.2 Å². The Hall–Kier alpha value is -1.28. The van der Waals surface area contributed by atoms with Crippen molar-refractivity contribution in [1.29, 1.82) is 0 Å². The minimum absolute atomic E-state index is 0.0836. The predicted molar refractivity (Wildman–Crippen MR) is 72.2 cm³/mol. The monoisotopic (exact) mass is 231 g/mol. The summed E-state index contributed by atoms with van der Waals surface area (Å²) in [6.45, 7) is 8.31. The summed E-state index contributed by atoms with van der Waals surface area (Å²) in [6, 6.07) is 6.40. The first-order chi connectivity index (χ1) is 7.89.